The zero-order valence-electron chi connectivity index (χ0n) is 13.9. The first-order valence-corrected chi connectivity index (χ1v) is 8.39. The number of rotatable bonds is 8. The molecule has 3 rings (SSSR count). The molecule has 0 radical (unpaired) electrons. The van der Waals surface area contributed by atoms with E-state index in [4.69, 9.17) is 14.9 Å². The average molecular weight is 341 g/mol. The zero-order chi connectivity index (χ0) is 17.6. The minimum Gasteiger partial charge on any atom is -0.490 e. The van der Waals surface area contributed by atoms with Crippen LogP contribution in [0.5, 0.6) is 5.75 Å². The van der Waals surface area contributed by atoms with E-state index >= 15 is 0 Å². The Labute approximate surface area is 146 Å². The number of benzene rings is 3. The number of aliphatic hydroxyl groups excluding tert-OH is 3. The Kier molecular flexibility index (Phi) is 5.83. The van der Waals surface area contributed by atoms with Crippen molar-refractivity contribution >= 4 is 21.5 Å². The van der Waals surface area contributed by atoms with Crippen LogP contribution in [0.15, 0.2) is 54.6 Å². The Morgan fingerprint density at radius 2 is 1.52 bits per heavy atom. The van der Waals surface area contributed by atoms with Crippen LogP contribution in [0.4, 0.5) is 0 Å². The third-order valence-electron chi connectivity index (χ3n) is 4.24. The molecule has 0 bridgehead atoms. The summed E-state index contributed by atoms with van der Waals surface area (Å²) < 4.78 is 5.87. The molecule has 1 atom stereocenters. The Hall–Kier alpha value is -2.18. The fourth-order valence-corrected chi connectivity index (χ4v) is 2.87. The van der Waals surface area contributed by atoms with E-state index in [1.54, 1.807) is 0 Å². The lowest BCUT2D eigenvalue weighted by Gasteiger charge is -2.18. The Morgan fingerprint density at radius 1 is 0.880 bits per heavy atom. The van der Waals surface area contributed by atoms with E-state index in [9.17, 15) is 5.11 Å². The van der Waals surface area contributed by atoms with Gasteiger partial charge < -0.3 is 25.4 Å². The predicted octanol–water partition coefficient (Wildman–Crippen LogP) is 1.68. The summed E-state index contributed by atoms with van der Waals surface area (Å²) in [5, 5.41) is 35.4. The van der Waals surface area contributed by atoms with Gasteiger partial charge in [-0.05, 0) is 22.2 Å². The van der Waals surface area contributed by atoms with Crippen molar-refractivity contribution in [2.24, 2.45) is 0 Å². The van der Waals surface area contributed by atoms with Gasteiger partial charge in [0.15, 0.2) is 0 Å². The fourth-order valence-electron chi connectivity index (χ4n) is 2.87. The first kappa shape index (κ1) is 17.6. The van der Waals surface area contributed by atoms with E-state index in [0.717, 1.165) is 21.9 Å². The minimum absolute atomic E-state index is 0.124. The van der Waals surface area contributed by atoms with Crippen LogP contribution in [0.25, 0.3) is 21.5 Å². The summed E-state index contributed by atoms with van der Waals surface area (Å²) in [6, 6.07) is 17.7. The summed E-state index contributed by atoms with van der Waals surface area (Å²) in [4.78, 5) is 0. The van der Waals surface area contributed by atoms with Gasteiger partial charge in [0.25, 0.3) is 0 Å². The third kappa shape index (κ3) is 4.08. The van der Waals surface area contributed by atoms with Crippen molar-refractivity contribution < 1.29 is 20.1 Å². The second-order valence-corrected chi connectivity index (χ2v) is 6.08. The standard InChI is InChI=1S/C20H23NO4/c22-11-15(12-23)21-10-16(24)13-25-20-9-14-5-1-2-6-17(14)18-7-3-4-8-19(18)20/h1-9,15-16,21-24H,10-13H2. The molecule has 3 aromatic rings. The molecule has 0 aliphatic carbocycles. The monoisotopic (exact) mass is 341 g/mol. The molecule has 0 spiro atoms. The molecule has 5 nitrogen and oxygen atoms in total. The summed E-state index contributed by atoms with van der Waals surface area (Å²) >= 11 is 0. The van der Waals surface area contributed by atoms with Gasteiger partial charge in [-0.1, -0.05) is 48.5 Å². The molecule has 3 aromatic carbocycles. The number of hydrogen-bond acceptors (Lipinski definition) is 5. The van der Waals surface area contributed by atoms with Gasteiger partial charge in [-0.25, -0.2) is 0 Å². The van der Waals surface area contributed by atoms with Gasteiger partial charge in [0.05, 0.1) is 19.3 Å². The maximum absolute atomic E-state index is 10.1. The van der Waals surface area contributed by atoms with Crippen LogP contribution < -0.4 is 10.1 Å². The van der Waals surface area contributed by atoms with Crippen molar-refractivity contribution in [1.29, 1.82) is 0 Å². The van der Waals surface area contributed by atoms with E-state index in [-0.39, 0.29) is 26.4 Å². The van der Waals surface area contributed by atoms with Gasteiger partial charge >= 0.3 is 0 Å². The molecule has 0 aromatic heterocycles. The van der Waals surface area contributed by atoms with Crippen LogP contribution in [0, 0.1) is 0 Å². The second kappa shape index (κ2) is 8.27. The smallest absolute Gasteiger partial charge is 0.127 e. The van der Waals surface area contributed by atoms with Gasteiger partial charge in [0.1, 0.15) is 18.5 Å². The van der Waals surface area contributed by atoms with E-state index in [1.165, 1.54) is 5.39 Å². The van der Waals surface area contributed by atoms with Gasteiger partial charge in [0, 0.05) is 11.9 Å². The quantitative estimate of drug-likeness (QED) is 0.469. The molecule has 132 valence electrons. The Balaban J connectivity index is 1.76. The highest BCUT2D eigenvalue weighted by Gasteiger charge is 2.12. The molecule has 0 aliphatic rings. The van der Waals surface area contributed by atoms with Crippen molar-refractivity contribution in [1.82, 2.24) is 5.32 Å². The maximum Gasteiger partial charge on any atom is 0.127 e. The van der Waals surface area contributed by atoms with Crippen molar-refractivity contribution in [2.45, 2.75) is 12.1 Å². The lowest BCUT2D eigenvalue weighted by atomic mass is 10.0. The number of hydrogen-bond donors (Lipinski definition) is 4. The highest BCUT2D eigenvalue weighted by atomic mass is 16.5. The van der Waals surface area contributed by atoms with Crippen LogP contribution in [0.1, 0.15) is 0 Å². The largest absolute Gasteiger partial charge is 0.490 e. The SMILES string of the molecule is OCC(CO)NCC(O)COc1cc2ccccc2c2ccccc12. The zero-order valence-corrected chi connectivity index (χ0v) is 13.9. The van der Waals surface area contributed by atoms with Gasteiger partial charge in [-0.3, -0.25) is 0 Å². The number of nitrogens with one attached hydrogen (secondary N) is 1. The molecule has 0 saturated heterocycles. The van der Waals surface area contributed by atoms with E-state index in [0.29, 0.717) is 0 Å². The van der Waals surface area contributed by atoms with Crippen LogP contribution >= 0.6 is 0 Å². The van der Waals surface area contributed by atoms with Crippen LogP contribution in [-0.4, -0.2) is 53.8 Å². The molecule has 1 unspecified atom stereocenters. The summed E-state index contributed by atoms with van der Waals surface area (Å²) in [7, 11) is 0. The molecule has 4 N–H and O–H groups in total. The molecule has 0 saturated carbocycles. The Morgan fingerprint density at radius 3 is 2.24 bits per heavy atom. The van der Waals surface area contributed by atoms with Gasteiger partial charge in [-0.2, -0.15) is 0 Å². The van der Waals surface area contributed by atoms with E-state index in [2.05, 4.69) is 17.4 Å². The molecule has 0 heterocycles. The van der Waals surface area contributed by atoms with Crippen LogP contribution in [0.3, 0.4) is 0 Å². The van der Waals surface area contributed by atoms with Crippen LogP contribution in [-0.2, 0) is 0 Å². The van der Waals surface area contributed by atoms with Crippen molar-refractivity contribution in [3.8, 4) is 5.75 Å². The minimum atomic E-state index is -0.745. The normalized spacial score (nSPS) is 12.8. The fraction of sp³-hybridized carbons (Fsp3) is 0.300. The van der Waals surface area contributed by atoms with Crippen molar-refractivity contribution in [3.05, 3.63) is 54.6 Å². The highest BCUT2D eigenvalue weighted by Crippen LogP contribution is 2.33. The molecule has 25 heavy (non-hydrogen) atoms. The van der Waals surface area contributed by atoms with Crippen LogP contribution in [0.2, 0.25) is 0 Å². The lowest BCUT2D eigenvalue weighted by Crippen LogP contribution is -2.41. The van der Waals surface area contributed by atoms with Gasteiger partial charge in [0.2, 0.25) is 0 Å². The average Bonchev–Trinajstić information content (AvgIpc) is 2.67. The first-order chi connectivity index (χ1) is 12.2. The molecular weight excluding hydrogens is 318 g/mol. The maximum atomic E-state index is 10.1. The summed E-state index contributed by atoms with van der Waals surface area (Å²) in [5.41, 5.74) is 0. The van der Waals surface area contributed by atoms with Gasteiger partial charge in [-0.15, -0.1) is 0 Å². The van der Waals surface area contributed by atoms with E-state index < -0.39 is 12.1 Å². The molecular formula is C20H23NO4. The number of fused-ring (bicyclic) bond motifs is 3. The summed E-state index contributed by atoms with van der Waals surface area (Å²) in [5.74, 6) is 0.731. The third-order valence-corrected chi connectivity index (χ3v) is 4.24. The topological polar surface area (TPSA) is 82.0 Å². The van der Waals surface area contributed by atoms with Crippen molar-refractivity contribution in [3.63, 3.8) is 0 Å². The molecule has 0 amide bonds. The molecule has 0 fully saturated rings. The van der Waals surface area contributed by atoms with Crippen molar-refractivity contribution in [2.75, 3.05) is 26.4 Å². The molecule has 5 heteroatoms. The summed E-state index contributed by atoms with van der Waals surface area (Å²) in [6.07, 6.45) is -0.745. The predicted molar refractivity (Wildman–Crippen MR) is 98.9 cm³/mol. The number of aliphatic hydroxyl groups is 3. The Bertz CT molecular complexity index is 832. The number of ether oxygens (including phenoxy) is 1. The highest BCUT2D eigenvalue weighted by molar-refractivity contribution is 6.10. The lowest BCUT2D eigenvalue weighted by molar-refractivity contribution is 0.0936. The second-order valence-electron chi connectivity index (χ2n) is 6.08. The molecule has 0 aliphatic heterocycles. The summed E-state index contributed by atoms with van der Waals surface area (Å²) in [6.45, 7) is -0.00497. The van der Waals surface area contributed by atoms with E-state index in [1.807, 2.05) is 42.5 Å². The first-order valence-electron chi connectivity index (χ1n) is 8.39.